The molecule has 0 spiro atoms. The van der Waals surface area contributed by atoms with Gasteiger partial charge in [0.25, 0.3) is 0 Å². The molecule has 0 aliphatic carbocycles. The molecule has 0 aliphatic rings. The predicted molar refractivity (Wildman–Crippen MR) is 92.5 cm³/mol. The summed E-state index contributed by atoms with van der Waals surface area (Å²) in [4.78, 5) is 21.4. The first kappa shape index (κ1) is 15.8. The van der Waals surface area contributed by atoms with Crippen LogP contribution >= 0.6 is 0 Å². The Morgan fingerprint density at radius 3 is 2.65 bits per heavy atom. The Hall–Kier alpha value is -3.68. The van der Waals surface area contributed by atoms with Crippen LogP contribution in [0.1, 0.15) is 21.7 Å². The number of esters is 1. The average Bonchev–Trinajstić information content (AvgIpc) is 3.21. The molecule has 8 nitrogen and oxygen atoms in total. The molecule has 26 heavy (non-hydrogen) atoms. The van der Waals surface area contributed by atoms with Crippen LogP contribution in [-0.2, 0) is 11.3 Å². The fraction of sp³-hybridized carbons (Fsp3) is 0.111. The molecule has 0 aliphatic heterocycles. The maximum Gasteiger partial charge on any atom is 0.338 e. The molecule has 4 aromatic rings. The highest BCUT2D eigenvalue weighted by molar-refractivity contribution is 5.90. The van der Waals surface area contributed by atoms with Crippen molar-refractivity contribution in [3.05, 3.63) is 71.8 Å². The third kappa shape index (κ3) is 3.12. The van der Waals surface area contributed by atoms with E-state index in [4.69, 9.17) is 4.74 Å². The van der Waals surface area contributed by atoms with E-state index >= 15 is 0 Å². The number of nitrogens with zero attached hydrogens (tertiary/aromatic N) is 6. The third-order valence-electron chi connectivity index (χ3n) is 3.88. The van der Waals surface area contributed by atoms with Gasteiger partial charge in [0, 0.05) is 0 Å². The van der Waals surface area contributed by atoms with Crippen LogP contribution in [0.5, 0.6) is 0 Å². The number of hydrogen-bond acceptors (Lipinski definition) is 7. The van der Waals surface area contributed by atoms with Gasteiger partial charge in [-0.2, -0.15) is 0 Å². The van der Waals surface area contributed by atoms with E-state index in [0.717, 1.165) is 16.7 Å². The maximum absolute atomic E-state index is 12.4. The van der Waals surface area contributed by atoms with Crippen LogP contribution in [0, 0.1) is 6.92 Å². The predicted octanol–water partition coefficient (Wildman–Crippen LogP) is 2.27. The van der Waals surface area contributed by atoms with Crippen LogP contribution < -0.4 is 0 Å². The van der Waals surface area contributed by atoms with E-state index in [1.165, 1.54) is 11.0 Å². The van der Waals surface area contributed by atoms with Crippen molar-refractivity contribution in [3.63, 3.8) is 0 Å². The second kappa shape index (κ2) is 6.67. The van der Waals surface area contributed by atoms with E-state index in [1.54, 1.807) is 24.3 Å². The zero-order chi connectivity index (χ0) is 17.9. The normalized spacial score (nSPS) is 10.8. The number of fused-ring (bicyclic) bond motifs is 1. The second-order valence-electron chi connectivity index (χ2n) is 5.63. The summed E-state index contributed by atoms with van der Waals surface area (Å²) in [6.45, 7) is 1.90. The lowest BCUT2D eigenvalue weighted by Crippen LogP contribution is -2.09. The highest BCUT2D eigenvalue weighted by atomic mass is 16.5. The fourth-order valence-corrected chi connectivity index (χ4v) is 2.53. The van der Waals surface area contributed by atoms with Crippen molar-refractivity contribution in [3.8, 4) is 5.69 Å². The molecule has 2 aromatic heterocycles. The Morgan fingerprint density at radius 1 is 1.08 bits per heavy atom. The molecule has 4 rings (SSSR count). The molecule has 0 unspecified atom stereocenters. The van der Waals surface area contributed by atoms with Gasteiger partial charge in [0.15, 0.2) is 0 Å². The van der Waals surface area contributed by atoms with Crippen LogP contribution in [0.4, 0.5) is 0 Å². The molecule has 0 N–H and O–H groups in total. The summed E-state index contributed by atoms with van der Waals surface area (Å²) in [6.07, 6.45) is 1.46. The van der Waals surface area contributed by atoms with Crippen LogP contribution in [0.25, 0.3) is 16.7 Å². The van der Waals surface area contributed by atoms with E-state index in [0.29, 0.717) is 16.9 Å². The lowest BCUT2D eigenvalue weighted by Gasteiger charge is -2.08. The number of tetrazole rings is 1. The average molecular weight is 346 g/mol. The zero-order valence-electron chi connectivity index (χ0n) is 13.9. The number of carbonyl (C=O) groups excluding carboxylic acids is 1. The number of rotatable bonds is 4. The van der Waals surface area contributed by atoms with Crippen molar-refractivity contribution in [1.82, 2.24) is 30.2 Å². The fourth-order valence-electron chi connectivity index (χ4n) is 2.53. The number of benzene rings is 2. The minimum Gasteiger partial charge on any atom is -0.456 e. The third-order valence-corrected chi connectivity index (χ3v) is 3.88. The molecular formula is C18H14N6O2. The first-order chi connectivity index (χ1) is 12.7. The first-order valence-corrected chi connectivity index (χ1v) is 7.93. The molecule has 2 heterocycles. The summed E-state index contributed by atoms with van der Waals surface area (Å²) in [5, 5.41) is 11.0. The van der Waals surface area contributed by atoms with Gasteiger partial charge in [-0.1, -0.05) is 18.2 Å². The van der Waals surface area contributed by atoms with Crippen molar-refractivity contribution in [2.24, 2.45) is 0 Å². The number of aryl methyl sites for hydroxylation is 1. The number of para-hydroxylation sites is 2. The van der Waals surface area contributed by atoms with Crippen molar-refractivity contribution >= 4 is 17.0 Å². The van der Waals surface area contributed by atoms with Gasteiger partial charge in [0.05, 0.1) is 33.7 Å². The molecule has 0 fully saturated rings. The van der Waals surface area contributed by atoms with Gasteiger partial charge >= 0.3 is 5.97 Å². The van der Waals surface area contributed by atoms with Gasteiger partial charge in [0.2, 0.25) is 0 Å². The summed E-state index contributed by atoms with van der Waals surface area (Å²) >= 11 is 0. The van der Waals surface area contributed by atoms with Crippen molar-refractivity contribution in [1.29, 1.82) is 0 Å². The van der Waals surface area contributed by atoms with E-state index in [1.807, 2.05) is 31.2 Å². The molecule has 8 heteroatoms. The lowest BCUT2D eigenvalue weighted by molar-refractivity contribution is 0.0467. The summed E-state index contributed by atoms with van der Waals surface area (Å²) in [7, 11) is 0. The zero-order valence-corrected chi connectivity index (χ0v) is 13.9. The van der Waals surface area contributed by atoms with E-state index in [2.05, 4.69) is 25.5 Å². The van der Waals surface area contributed by atoms with E-state index in [-0.39, 0.29) is 6.61 Å². The van der Waals surface area contributed by atoms with Gasteiger partial charge in [-0.05, 0) is 47.7 Å². The minimum absolute atomic E-state index is 0.0532. The Labute approximate surface area is 148 Å². The maximum atomic E-state index is 12.4. The smallest absolute Gasteiger partial charge is 0.338 e. The van der Waals surface area contributed by atoms with Gasteiger partial charge in [0.1, 0.15) is 12.9 Å². The van der Waals surface area contributed by atoms with Crippen molar-refractivity contribution in [2.45, 2.75) is 13.5 Å². The Morgan fingerprint density at radius 2 is 1.88 bits per heavy atom. The first-order valence-electron chi connectivity index (χ1n) is 7.93. The molecule has 0 saturated heterocycles. The highest BCUT2D eigenvalue weighted by Crippen LogP contribution is 2.15. The number of aromatic nitrogens is 6. The van der Waals surface area contributed by atoms with Crippen LogP contribution in [0.2, 0.25) is 0 Å². The summed E-state index contributed by atoms with van der Waals surface area (Å²) in [5.74, 6) is -0.450. The Kier molecular flexibility index (Phi) is 4.06. The van der Waals surface area contributed by atoms with Crippen LogP contribution in [0.3, 0.4) is 0 Å². The summed E-state index contributed by atoms with van der Waals surface area (Å²) in [5.41, 5.74) is 4.03. The monoisotopic (exact) mass is 346 g/mol. The van der Waals surface area contributed by atoms with Crippen LogP contribution in [-0.4, -0.2) is 36.1 Å². The molecular weight excluding hydrogens is 332 g/mol. The summed E-state index contributed by atoms with van der Waals surface area (Å²) < 4.78 is 6.88. The Bertz CT molecular complexity index is 1080. The number of hydrogen-bond donors (Lipinski definition) is 0. The van der Waals surface area contributed by atoms with Gasteiger partial charge in [-0.15, -0.1) is 5.10 Å². The van der Waals surface area contributed by atoms with Crippen LogP contribution in [0.15, 0.2) is 54.9 Å². The quantitative estimate of drug-likeness (QED) is 0.523. The molecule has 0 amide bonds. The van der Waals surface area contributed by atoms with E-state index < -0.39 is 5.97 Å². The molecule has 0 bridgehead atoms. The second-order valence-corrected chi connectivity index (χ2v) is 5.63. The van der Waals surface area contributed by atoms with Gasteiger partial charge in [-0.3, -0.25) is 0 Å². The van der Waals surface area contributed by atoms with Crippen molar-refractivity contribution in [2.75, 3.05) is 0 Å². The molecule has 0 atom stereocenters. The van der Waals surface area contributed by atoms with Crippen molar-refractivity contribution < 1.29 is 9.53 Å². The lowest BCUT2D eigenvalue weighted by atomic mass is 10.2. The molecule has 128 valence electrons. The standard InChI is InChI=1S/C18H14N6O2/c1-12-17(21-16-8-3-2-7-15(16)20-12)10-26-18(25)13-5-4-6-14(9-13)24-11-19-22-23-24/h2-9,11H,10H2,1H3. The number of carbonyl (C=O) groups is 1. The highest BCUT2D eigenvalue weighted by Gasteiger charge is 2.12. The molecule has 0 radical (unpaired) electrons. The Balaban J connectivity index is 1.52. The van der Waals surface area contributed by atoms with Gasteiger partial charge in [-0.25, -0.2) is 19.4 Å². The minimum atomic E-state index is -0.450. The summed E-state index contributed by atoms with van der Waals surface area (Å²) in [6, 6.07) is 14.5. The van der Waals surface area contributed by atoms with E-state index in [9.17, 15) is 4.79 Å². The molecule has 2 aromatic carbocycles. The van der Waals surface area contributed by atoms with Gasteiger partial charge < -0.3 is 4.74 Å². The topological polar surface area (TPSA) is 95.7 Å². The SMILES string of the molecule is Cc1nc2ccccc2nc1COC(=O)c1cccc(-n2cnnn2)c1. The largest absolute Gasteiger partial charge is 0.456 e. The number of ether oxygens (including phenoxy) is 1. The molecule has 0 saturated carbocycles.